The SMILES string of the molecule is COc1ccc2c(c1)OCCC2NC(=O)C1(OC)CS(=O)(=O)C1. The largest absolute Gasteiger partial charge is 0.497 e. The number of fused-ring (bicyclic) bond motifs is 1. The quantitative estimate of drug-likeness (QED) is 0.855. The summed E-state index contributed by atoms with van der Waals surface area (Å²) in [5.41, 5.74) is -0.428. The van der Waals surface area contributed by atoms with Gasteiger partial charge in [0.2, 0.25) is 0 Å². The minimum absolute atomic E-state index is 0.243. The van der Waals surface area contributed by atoms with Crippen molar-refractivity contribution < 1.29 is 27.4 Å². The predicted molar refractivity (Wildman–Crippen MR) is 82.4 cm³/mol. The van der Waals surface area contributed by atoms with E-state index in [1.54, 1.807) is 19.2 Å². The summed E-state index contributed by atoms with van der Waals surface area (Å²) in [7, 11) is -0.253. The van der Waals surface area contributed by atoms with Crippen LogP contribution < -0.4 is 14.8 Å². The molecule has 126 valence electrons. The van der Waals surface area contributed by atoms with Crippen LogP contribution in [0.2, 0.25) is 0 Å². The van der Waals surface area contributed by atoms with Crippen LogP contribution in [0.25, 0.3) is 0 Å². The summed E-state index contributed by atoms with van der Waals surface area (Å²) < 4.78 is 38.8. The summed E-state index contributed by atoms with van der Waals surface area (Å²) in [4.78, 5) is 12.5. The minimum atomic E-state index is -3.18. The molecule has 1 amide bonds. The van der Waals surface area contributed by atoms with Gasteiger partial charge in [0.05, 0.1) is 31.3 Å². The molecule has 2 aliphatic rings. The van der Waals surface area contributed by atoms with Crippen LogP contribution in [0, 0.1) is 0 Å². The van der Waals surface area contributed by atoms with Crippen LogP contribution in [-0.4, -0.2) is 52.3 Å². The van der Waals surface area contributed by atoms with Crippen molar-refractivity contribution in [1.29, 1.82) is 0 Å². The van der Waals surface area contributed by atoms with Gasteiger partial charge in [0.15, 0.2) is 15.4 Å². The van der Waals surface area contributed by atoms with Crippen molar-refractivity contribution in [3.63, 3.8) is 0 Å². The zero-order valence-corrected chi connectivity index (χ0v) is 13.8. The van der Waals surface area contributed by atoms with Crippen molar-refractivity contribution in [1.82, 2.24) is 5.32 Å². The van der Waals surface area contributed by atoms with Crippen LogP contribution in [0.5, 0.6) is 11.5 Å². The summed E-state index contributed by atoms with van der Waals surface area (Å²) in [5, 5.41) is 2.89. The molecule has 1 fully saturated rings. The highest BCUT2D eigenvalue weighted by Gasteiger charge is 2.55. The molecule has 0 bridgehead atoms. The zero-order valence-electron chi connectivity index (χ0n) is 13.0. The number of hydrogen-bond donors (Lipinski definition) is 1. The number of rotatable bonds is 4. The Balaban J connectivity index is 1.78. The second-order valence-electron chi connectivity index (χ2n) is 5.80. The molecular weight excluding hydrogens is 322 g/mol. The van der Waals surface area contributed by atoms with Crippen LogP contribution in [0.3, 0.4) is 0 Å². The number of nitrogens with one attached hydrogen (secondary N) is 1. The minimum Gasteiger partial charge on any atom is -0.497 e. The maximum atomic E-state index is 12.5. The third-order valence-electron chi connectivity index (χ3n) is 4.28. The fraction of sp³-hybridized carbons (Fsp3) is 0.533. The van der Waals surface area contributed by atoms with Crippen LogP contribution in [-0.2, 0) is 19.4 Å². The van der Waals surface area contributed by atoms with Gasteiger partial charge in [-0.25, -0.2) is 8.42 Å². The molecule has 1 aromatic rings. The number of carbonyl (C=O) groups is 1. The van der Waals surface area contributed by atoms with Gasteiger partial charge in [0.1, 0.15) is 11.5 Å². The van der Waals surface area contributed by atoms with Gasteiger partial charge in [-0.2, -0.15) is 0 Å². The molecule has 7 nitrogen and oxygen atoms in total. The van der Waals surface area contributed by atoms with Crippen molar-refractivity contribution in [2.45, 2.75) is 18.1 Å². The Hall–Kier alpha value is -1.80. The number of carbonyl (C=O) groups excluding carboxylic acids is 1. The number of ether oxygens (including phenoxy) is 3. The molecule has 1 saturated heterocycles. The van der Waals surface area contributed by atoms with E-state index >= 15 is 0 Å². The second-order valence-corrected chi connectivity index (χ2v) is 7.86. The van der Waals surface area contributed by atoms with E-state index in [-0.39, 0.29) is 17.5 Å². The van der Waals surface area contributed by atoms with Gasteiger partial charge < -0.3 is 19.5 Å². The Morgan fingerprint density at radius 3 is 2.70 bits per heavy atom. The van der Waals surface area contributed by atoms with Crippen molar-refractivity contribution in [3.8, 4) is 11.5 Å². The van der Waals surface area contributed by atoms with Gasteiger partial charge in [-0.05, 0) is 12.1 Å². The first-order valence-electron chi connectivity index (χ1n) is 7.26. The molecule has 1 unspecified atom stereocenters. The monoisotopic (exact) mass is 341 g/mol. The molecule has 23 heavy (non-hydrogen) atoms. The molecule has 1 atom stereocenters. The Kier molecular flexibility index (Phi) is 3.97. The lowest BCUT2D eigenvalue weighted by Crippen LogP contribution is -2.65. The number of benzene rings is 1. The zero-order chi connectivity index (χ0) is 16.7. The maximum absolute atomic E-state index is 12.5. The third-order valence-corrected chi connectivity index (χ3v) is 6.09. The number of amides is 1. The summed E-state index contributed by atoms with van der Waals surface area (Å²) in [6, 6.07) is 5.17. The number of sulfone groups is 1. The van der Waals surface area contributed by atoms with Gasteiger partial charge in [0.25, 0.3) is 5.91 Å². The molecular formula is C15H19NO6S. The molecule has 3 rings (SSSR count). The molecule has 0 radical (unpaired) electrons. The van der Waals surface area contributed by atoms with E-state index in [0.29, 0.717) is 24.5 Å². The van der Waals surface area contributed by atoms with E-state index in [0.717, 1.165) is 5.56 Å². The first-order valence-corrected chi connectivity index (χ1v) is 9.08. The normalized spacial score (nSPS) is 23.8. The Labute approximate surface area is 134 Å². The van der Waals surface area contributed by atoms with Gasteiger partial charge in [-0.15, -0.1) is 0 Å². The third kappa shape index (κ3) is 2.88. The molecule has 1 N–H and O–H groups in total. The van der Waals surface area contributed by atoms with Crippen molar-refractivity contribution in [2.75, 3.05) is 32.3 Å². The van der Waals surface area contributed by atoms with E-state index < -0.39 is 21.3 Å². The smallest absolute Gasteiger partial charge is 0.254 e. The topological polar surface area (TPSA) is 90.9 Å². The fourth-order valence-corrected chi connectivity index (χ4v) is 4.78. The lowest BCUT2D eigenvalue weighted by molar-refractivity contribution is -0.141. The summed E-state index contributed by atoms with van der Waals surface area (Å²) in [6.45, 7) is 0.462. The molecule has 0 spiro atoms. The van der Waals surface area contributed by atoms with E-state index in [9.17, 15) is 13.2 Å². The molecule has 0 aromatic heterocycles. The second kappa shape index (κ2) is 5.68. The van der Waals surface area contributed by atoms with Gasteiger partial charge in [0, 0.05) is 25.2 Å². The highest BCUT2D eigenvalue weighted by Crippen LogP contribution is 2.36. The first-order chi connectivity index (χ1) is 10.9. The van der Waals surface area contributed by atoms with Gasteiger partial charge in [-0.1, -0.05) is 0 Å². The van der Waals surface area contributed by atoms with Gasteiger partial charge in [-0.3, -0.25) is 4.79 Å². The summed E-state index contributed by atoms with van der Waals surface area (Å²) in [5.74, 6) is 0.383. The van der Waals surface area contributed by atoms with Crippen molar-refractivity contribution >= 4 is 15.7 Å². The van der Waals surface area contributed by atoms with Crippen LogP contribution >= 0.6 is 0 Å². The molecule has 8 heteroatoms. The van der Waals surface area contributed by atoms with E-state index in [1.807, 2.05) is 6.07 Å². The molecule has 0 saturated carbocycles. The number of hydrogen-bond acceptors (Lipinski definition) is 6. The van der Waals surface area contributed by atoms with Crippen LogP contribution in [0.4, 0.5) is 0 Å². The van der Waals surface area contributed by atoms with Gasteiger partial charge >= 0.3 is 0 Å². The lowest BCUT2D eigenvalue weighted by atomic mass is 9.98. The fourth-order valence-electron chi connectivity index (χ4n) is 2.95. The summed E-state index contributed by atoms with van der Waals surface area (Å²) in [6.07, 6.45) is 0.609. The standard InChI is InChI=1S/C15H19NO6S/c1-20-10-3-4-11-12(5-6-22-13(11)7-10)16-14(17)15(21-2)8-23(18,19)9-15/h3-4,7,12H,5-6,8-9H2,1-2H3,(H,16,17). The Bertz CT molecular complexity index is 717. The molecule has 0 aliphatic carbocycles. The van der Waals surface area contributed by atoms with E-state index in [4.69, 9.17) is 14.2 Å². The maximum Gasteiger partial charge on any atom is 0.254 e. The van der Waals surface area contributed by atoms with Crippen LogP contribution in [0.15, 0.2) is 18.2 Å². The Morgan fingerprint density at radius 1 is 1.35 bits per heavy atom. The Morgan fingerprint density at radius 2 is 2.09 bits per heavy atom. The molecule has 1 aromatic carbocycles. The van der Waals surface area contributed by atoms with Crippen molar-refractivity contribution in [3.05, 3.63) is 23.8 Å². The number of methoxy groups -OCH3 is 2. The van der Waals surface area contributed by atoms with Crippen molar-refractivity contribution in [2.24, 2.45) is 0 Å². The summed E-state index contributed by atoms with van der Waals surface area (Å²) >= 11 is 0. The lowest BCUT2D eigenvalue weighted by Gasteiger charge is -2.39. The predicted octanol–water partition coefficient (Wildman–Crippen LogP) is 0.449. The average molecular weight is 341 g/mol. The first kappa shape index (κ1) is 16.1. The highest BCUT2D eigenvalue weighted by molar-refractivity contribution is 7.93. The molecule has 2 heterocycles. The average Bonchev–Trinajstić information content (AvgIpc) is 2.51. The molecule has 2 aliphatic heterocycles. The highest BCUT2D eigenvalue weighted by atomic mass is 32.2. The van der Waals surface area contributed by atoms with Crippen LogP contribution in [0.1, 0.15) is 18.0 Å². The van der Waals surface area contributed by atoms with E-state index in [1.165, 1.54) is 7.11 Å². The van der Waals surface area contributed by atoms with E-state index in [2.05, 4.69) is 5.32 Å².